The van der Waals surface area contributed by atoms with Gasteiger partial charge in [0.25, 0.3) is 0 Å². The highest BCUT2D eigenvalue weighted by atomic mass is 19.1. The third-order valence-electron chi connectivity index (χ3n) is 3.43. The number of nitrogens with zero attached hydrogens (tertiary/aromatic N) is 2. The number of hydrogen-bond acceptors (Lipinski definition) is 4. The molecule has 1 saturated heterocycles. The van der Waals surface area contributed by atoms with E-state index in [0.29, 0.717) is 57.7 Å². The Balaban J connectivity index is 2.05. The zero-order chi connectivity index (χ0) is 16.5. The summed E-state index contributed by atoms with van der Waals surface area (Å²) in [6, 6.07) is 3.79. The van der Waals surface area contributed by atoms with Crippen molar-refractivity contribution >= 4 is 11.6 Å². The van der Waals surface area contributed by atoms with Crippen LogP contribution in [0.4, 0.5) is 10.1 Å². The van der Waals surface area contributed by atoms with Crippen molar-refractivity contribution in [3.05, 3.63) is 24.0 Å². The van der Waals surface area contributed by atoms with Gasteiger partial charge in [-0.2, -0.15) is 0 Å². The van der Waals surface area contributed by atoms with Crippen LogP contribution in [0, 0.1) is 5.82 Å². The molecule has 0 atom stereocenters. The number of rotatable bonds is 6. The standard InChI is InChI=1S/C16H24FN3O3/c1-2-22-9-3-6-18-16(20-7-10-23-11-8-20)19-14-12-13(17)4-5-15(14)21/h4-5,12,21H,2-3,6-11H2,1H3,(H,18,19). The predicted octanol–water partition coefficient (Wildman–Crippen LogP) is 2.06. The number of anilines is 1. The fourth-order valence-electron chi connectivity index (χ4n) is 2.22. The molecule has 2 N–H and O–H groups in total. The topological polar surface area (TPSA) is 66.3 Å². The number of morpholine rings is 1. The predicted molar refractivity (Wildman–Crippen MR) is 87.5 cm³/mol. The van der Waals surface area contributed by atoms with Crippen LogP contribution in [0.3, 0.4) is 0 Å². The molecule has 128 valence electrons. The molecule has 0 aromatic heterocycles. The van der Waals surface area contributed by atoms with E-state index < -0.39 is 5.82 Å². The molecule has 0 spiro atoms. The Labute approximate surface area is 135 Å². The average molecular weight is 325 g/mol. The Hall–Kier alpha value is -1.86. The summed E-state index contributed by atoms with van der Waals surface area (Å²) in [5, 5.41) is 12.9. The van der Waals surface area contributed by atoms with E-state index in [9.17, 15) is 9.50 Å². The van der Waals surface area contributed by atoms with E-state index >= 15 is 0 Å². The van der Waals surface area contributed by atoms with E-state index in [-0.39, 0.29) is 5.75 Å². The molecule has 7 heteroatoms. The van der Waals surface area contributed by atoms with E-state index in [1.54, 1.807) is 0 Å². The Kier molecular flexibility index (Phi) is 7.09. The van der Waals surface area contributed by atoms with E-state index in [0.717, 1.165) is 6.42 Å². The molecular weight excluding hydrogens is 301 g/mol. The van der Waals surface area contributed by atoms with Gasteiger partial charge in [-0.3, -0.25) is 4.99 Å². The lowest BCUT2D eigenvalue weighted by molar-refractivity contribution is 0.0678. The second kappa shape index (κ2) is 9.32. The number of guanidine groups is 1. The minimum atomic E-state index is -0.414. The molecule has 2 rings (SSSR count). The number of hydrogen-bond donors (Lipinski definition) is 2. The van der Waals surface area contributed by atoms with Gasteiger partial charge in [-0.1, -0.05) is 0 Å². The number of aliphatic imine (C=N–C) groups is 1. The van der Waals surface area contributed by atoms with E-state index in [2.05, 4.69) is 10.3 Å². The number of ether oxygens (including phenoxy) is 2. The molecule has 23 heavy (non-hydrogen) atoms. The summed E-state index contributed by atoms with van der Waals surface area (Å²) in [6.07, 6.45) is 0.804. The molecule has 1 heterocycles. The first kappa shape index (κ1) is 17.5. The van der Waals surface area contributed by atoms with Crippen molar-refractivity contribution in [1.82, 2.24) is 4.90 Å². The fourth-order valence-corrected chi connectivity index (χ4v) is 2.22. The Morgan fingerprint density at radius 1 is 1.43 bits per heavy atom. The van der Waals surface area contributed by atoms with E-state index in [1.165, 1.54) is 18.2 Å². The number of benzene rings is 1. The van der Waals surface area contributed by atoms with Crippen LogP contribution < -0.4 is 5.32 Å². The van der Waals surface area contributed by atoms with Crippen molar-refractivity contribution in [2.75, 3.05) is 51.4 Å². The van der Waals surface area contributed by atoms with Gasteiger partial charge in [-0.15, -0.1) is 0 Å². The lowest BCUT2D eigenvalue weighted by Gasteiger charge is -2.30. The average Bonchev–Trinajstić information content (AvgIpc) is 2.57. The summed E-state index contributed by atoms with van der Waals surface area (Å²) >= 11 is 0. The van der Waals surface area contributed by atoms with Crippen LogP contribution >= 0.6 is 0 Å². The molecule has 0 saturated carbocycles. The first-order valence-electron chi connectivity index (χ1n) is 7.91. The quantitative estimate of drug-likeness (QED) is 0.363. The van der Waals surface area contributed by atoms with Crippen LogP contribution in [0.5, 0.6) is 5.75 Å². The number of phenols is 1. The molecule has 1 aliphatic heterocycles. The Bertz CT molecular complexity index is 519. The normalized spacial score (nSPS) is 15.7. The van der Waals surface area contributed by atoms with Gasteiger partial charge in [0, 0.05) is 38.9 Å². The van der Waals surface area contributed by atoms with Gasteiger partial charge in [0.15, 0.2) is 5.96 Å². The monoisotopic (exact) mass is 325 g/mol. The van der Waals surface area contributed by atoms with Gasteiger partial charge in [0.1, 0.15) is 11.6 Å². The molecule has 1 aromatic carbocycles. The molecule has 1 fully saturated rings. The minimum Gasteiger partial charge on any atom is -0.506 e. The summed E-state index contributed by atoms with van der Waals surface area (Å²) in [4.78, 5) is 6.58. The minimum absolute atomic E-state index is 0.0123. The summed E-state index contributed by atoms with van der Waals surface area (Å²) in [7, 11) is 0. The van der Waals surface area contributed by atoms with Gasteiger partial charge in [0.2, 0.25) is 0 Å². The van der Waals surface area contributed by atoms with Crippen molar-refractivity contribution in [1.29, 1.82) is 0 Å². The van der Waals surface area contributed by atoms with Gasteiger partial charge < -0.3 is 24.8 Å². The van der Waals surface area contributed by atoms with Crippen LogP contribution in [0.25, 0.3) is 0 Å². The van der Waals surface area contributed by atoms with Gasteiger partial charge in [0.05, 0.1) is 18.9 Å². The summed E-state index contributed by atoms with van der Waals surface area (Å²) in [6.45, 7) is 6.54. The highest BCUT2D eigenvalue weighted by Gasteiger charge is 2.16. The van der Waals surface area contributed by atoms with Gasteiger partial charge >= 0.3 is 0 Å². The van der Waals surface area contributed by atoms with Crippen molar-refractivity contribution in [2.24, 2.45) is 4.99 Å². The molecular formula is C16H24FN3O3. The third-order valence-corrected chi connectivity index (χ3v) is 3.43. The smallest absolute Gasteiger partial charge is 0.198 e. The van der Waals surface area contributed by atoms with Crippen molar-refractivity contribution in [3.63, 3.8) is 0 Å². The molecule has 0 unspecified atom stereocenters. The number of nitrogens with one attached hydrogen (secondary N) is 1. The van der Waals surface area contributed by atoms with Crippen LogP contribution in [-0.4, -0.2) is 62.0 Å². The van der Waals surface area contributed by atoms with E-state index in [4.69, 9.17) is 9.47 Å². The maximum atomic E-state index is 13.4. The fraction of sp³-hybridized carbons (Fsp3) is 0.562. The van der Waals surface area contributed by atoms with Crippen molar-refractivity contribution in [3.8, 4) is 5.75 Å². The molecule has 0 radical (unpaired) electrons. The molecule has 0 aliphatic carbocycles. The molecule has 0 amide bonds. The van der Waals surface area contributed by atoms with Crippen LogP contribution in [0.15, 0.2) is 23.2 Å². The van der Waals surface area contributed by atoms with Crippen molar-refractivity contribution < 1.29 is 19.0 Å². The number of phenolic OH excluding ortho intramolecular Hbond substituents is 1. The molecule has 1 aliphatic rings. The van der Waals surface area contributed by atoms with Gasteiger partial charge in [-0.05, 0) is 25.5 Å². The first-order chi connectivity index (χ1) is 11.2. The lowest BCUT2D eigenvalue weighted by atomic mass is 10.3. The highest BCUT2D eigenvalue weighted by Crippen LogP contribution is 2.24. The molecule has 6 nitrogen and oxygen atoms in total. The summed E-state index contributed by atoms with van der Waals surface area (Å²) in [5.74, 6) is 0.190. The Morgan fingerprint density at radius 2 is 2.22 bits per heavy atom. The Morgan fingerprint density at radius 3 is 2.96 bits per heavy atom. The first-order valence-corrected chi connectivity index (χ1v) is 7.91. The maximum absolute atomic E-state index is 13.4. The van der Waals surface area contributed by atoms with Crippen molar-refractivity contribution in [2.45, 2.75) is 13.3 Å². The second-order valence-electron chi connectivity index (χ2n) is 5.14. The van der Waals surface area contributed by atoms with Crippen LogP contribution in [-0.2, 0) is 9.47 Å². The van der Waals surface area contributed by atoms with Crippen LogP contribution in [0.1, 0.15) is 13.3 Å². The lowest BCUT2D eigenvalue weighted by Crippen LogP contribution is -2.44. The summed E-state index contributed by atoms with van der Waals surface area (Å²) in [5.41, 5.74) is 0.306. The zero-order valence-electron chi connectivity index (χ0n) is 13.4. The van der Waals surface area contributed by atoms with Crippen LogP contribution in [0.2, 0.25) is 0 Å². The highest BCUT2D eigenvalue weighted by molar-refractivity contribution is 5.95. The van der Waals surface area contributed by atoms with E-state index in [1.807, 2.05) is 11.8 Å². The zero-order valence-corrected chi connectivity index (χ0v) is 13.4. The maximum Gasteiger partial charge on any atom is 0.198 e. The third kappa shape index (κ3) is 5.69. The largest absolute Gasteiger partial charge is 0.506 e. The number of halogens is 1. The second-order valence-corrected chi connectivity index (χ2v) is 5.14. The molecule has 0 bridgehead atoms. The SMILES string of the molecule is CCOCCCN=C(Nc1cc(F)ccc1O)N1CCOCC1. The van der Waals surface area contributed by atoms with Gasteiger partial charge in [-0.25, -0.2) is 4.39 Å². The molecule has 1 aromatic rings. The summed E-state index contributed by atoms with van der Waals surface area (Å²) < 4.78 is 24.0. The number of aromatic hydroxyl groups is 1.